The Kier molecular flexibility index (Phi) is 11.5. The number of nitrogens with zero attached hydrogens (tertiary/aromatic N) is 5. The van der Waals surface area contributed by atoms with Gasteiger partial charge in [0, 0.05) is 75.0 Å². The first-order valence-electron chi connectivity index (χ1n) is 16.2. The van der Waals surface area contributed by atoms with Gasteiger partial charge in [-0.15, -0.1) is 0 Å². The van der Waals surface area contributed by atoms with Crippen molar-refractivity contribution in [2.45, 2.75) is 103 Å². The Hall–Kier alpha value is -2.71. The molecule has 0 aliphatic heterocycles. The van der Waals surface area contributed by atoms with E-state index in [0.29, 0.717) is 18.0 Å². The van der Waals surface area contributed by atoms with Crippen LogP contribution in [0.15, 0.2) is 69.0 Å². The van der Waals surface area contributed by atoms with Crippen molar-refractivity contribution >= 4 is 57.2 Å². The maximum Gasteiger partial charge on any atom is 0.439 e. The van der Waals surface area contributed by atoms with Crippen molar-refractivity contribution in [3.05, 3.63) is 92.6 Å². The fourth-order valence-electron chi connectivity index (χ4n) is 6.37. The molecule has 0 spiro atoms. The summed E-state index contributed by atoms with van der Waals surface area (Å²) in [5, 5.41) is 18.8. The molecule has 0 bridgehead atoms. The Bertz CT molecular complexity index is 1910. The zero-order valence-electron chi connectivity index (χ0n) is 27.9. The summed E-state index contributed by atoms with van der Waals surface area (Å²) in [6, 6.07) is 15.8. The molecule has 243 valence electrons. The van der Waals surface area contributed by atoms with Crippen LogP contribution in [0.2, 0.25) is 0 Å². The van der Waals surface area contributed by atoms with E-state index in [1.54, 1.807) is 20.2 Å². The minimum atomic E-state index is -0.913. The predicted octanol–water partition coefficient (Wildman–Crippen LogP) is 5.11. The summed E-state index contributed by atoms with van der Waals surface area (Å²) in [6.07, 6.45) is 7.60. The van der Waals surface area contributed by atoms with Crippen LogP contribution in [-0.4, -0.2) is 104 Å². The van der Waals surface area contributed by atoms with Gasteiger partial charge in [0.25, 0.3) is 5.56 Å². The topological polar surface area (TPSA) is 141 Å². The van der Waals surface area contributed by atoms with Crippen LogP contribution >= 0.6 is 0 Å². The molecule has 12 heteroatoms. The molecule has 1 aliphatic rings. The van der Waals surface area contributed by atoms with E-state index >= 15 is 0 Å². The fraction of sp³-hybridized carbons (Fsp3) is 0.457. The normalized spacial score (nSPS) is 17.5. The zero-order chi connectivity index (χ0) is 32.4. The van der Waals surface area contributed by atoms with E-state index in [1.165, 1.54) is 0 Å². The van der Waals surface area contributed by atoms with Crippen molar-refractivity contribution in [1.29, 1.82) is 0 Å². The Morgan fingerprint density at radius 1 is 1.06 bits per heavy atom. The third kappa shape index (κ3) is 7.80. The molecule has 1 saturated carbocycles. The number of nitrogens with one attached hydrogen (secondary N) is 1. The molecule has 5 aromatic rings. The second-order valence-electron chi connectivity index (χ2n) is 12.9. The summed E-state index contributed by atoms with van der Waals surface area (Å²) in [5.74, 6) is 0.363. The number of fused-ring (bicyclic) bond motifs is 1. The van der Waals surface area contributed by atoms with E-state index in [4.69, 9.17) is 9.26 Å². The van der Waals surface area contributed by atoms with Crippen LogP contribution in [0.4, 0.5) is 0 Å². The van der Waals surface area contributed by atoms with Gasteiger partial charge in [-0.3, -0.25) is 18.9 Å². The second kappa shape index (κ2) is 15.2. The third-order valence-electron chi connectivity index (χ3n) is 9.26. The van der Waals surface area contributed by atoms with Crippen LogP contribution < -0.4 is 11.3 Å². The molecular weight excluding hydrogens is 624 g/mol. The maximum atomic E-state index is 14.4. The SMILES string of the molecule is CCCCc1c(Cc2ccc(-c3ccccc3-c3noc(=O)[nH]3)cc2)c(=O)n(C2CCC(OC(C)C(C)(C)O)CC2)c2ncnn12.[K]. The van der Waals surface area contributed by atoms with Gasteiger partial charge in [-0.25, -0.2) is 9.31 Å². The van der Waals surface area contributed by atoms with Gasteiger partial charge in [0.1, 0.15) is 6.33 Å². The predicted molar refractivity (Wildman–Crippen MR) is 181 cm³/mol. The maximum absolute atomic E-state index is 14.4. The molecule has 2 N–H and O–H groups in total. The monoisotopic (exact) mass is 665 g/mol. The van der Waals surface area contributed by atoms with Crippen molar-refractivity contribution in [2.24, 2.45) is 0 Å². The number of benzene rings is 2. The summed E-state index contributed by atoms with van der Waals surface area (Å²) in [4.78, 5) is 33.2. The van der Waals surface area contributed by atoms with Crippen LogP contribution in [0.5, 0.6) is 0 Å². The van der Waals surface area contributed by atoms with Gasteiger partial charge in [0.15, 0.2) is 5.82 Å². The summed E-state index contributed by atoms with van der Waals surface area (Å²) in [5.41, 5.74) is 4.37. The van der Waals surface area contributed by atoms with Crippen LogP contribution in [0, 0.1) is 0 Å². The fourth-order valence-corrected chi connectivity index (χ4v) is 6.37. The first-order chi connectivity index (χ1) is 22.1. The summed E-state index contributed by atoms with van der Waals surface area (Å²) in [7, 11) is 0. The molecule has 3 heterocycles. The molecule has 2 aromatic carbocycles. The molecule has 0 amide bonds. The standard InChI is InChI=1S/C35H42N6O5.K/c1-5-6-11-30-29(20-23-12-14-24(15-13-23)27-9-7-8-10-28(27)31-38-34(43)46-39-31)32(42)40(33-36-21-37-41(30)33)25-16-18-26(19-17-25)45-22(2)35(3,4)44;/h7-10,12-15,21-22,25-26,44H,5-6,11,16-20H2,1-4H3,(H,38,39,43);. The Balaban J connectivity index is 0.00000433. The number of aryl methyl sites for hydroxylation is 1. The number of aromatic nitrogens is 6. The number of hydrogen-bond donors (Lipinski definition) is 2. The molecule has 11 nitrogen and oxygen atoms in total. The summed E-state index contributed by atoms with van der Waals surface area (Å²) in [6.45, 7) is 7.58. The van der Waals surface area contributed by atoms with Crippen LogP contribution in [-0.2, 0) is 17.6 Å². The average molecular weight is 666 g/mol. The molecule has 1 fully saturated rings. The van der Waals surface area contributed by atoms with Gasteiger partial charge in [0.05, 0.1) is 23.5 Å². The molecule has 6 rings (SSSR count). The average Bonchev–Trinajstić information content (AvgIpc) is 3.71. The molecule has 1 aliphatic carbocycles. The first-order valence-corrected chi connectivity index (χ1v) is 16.2. The number of hydrogen-bond acceptors (Lipinski definition) is 8. The van der Waals surface area contributed by atoms with Gasteiger partial charge >= 0.3 is 5.76 Å². The van der Waals surface area contributed by atoms with Crippen molar-refractivity contribution < 1.29 is 14.4 Å². The summed E-state index contributed by atoms with van der Waals surface area (Å²) >= 11 is 0. The van der Waals surface area contributed by atoms with E-state index < -0.39 is 11.4 Å². The molecule has 1 radical (unpaired) electrons. The number of ether oxygens (including phenoxy) is 1. The molecule has 0 saturated heterocycles. The third-order valence-corrected chi connectivity index (χ3v) is 9.26. The van der Waals surface area contributed by atoms with E-state index in [0.717, 1.165) is 78.5 Å². The van der Waals surface area contributed by atoms with Crippen LogP contribution in [0.3, 0.4) is 0 Å². The minimum Gasteiger partial charge on any atom is -0.388 e. The second-order valence-corrected chi connectivity index (χ2v) is 12.9. The Morgan fingerprint density at radius 2 is 1.77 bits per heavy atom. The van der Waals surface area contributed by atoms with Gasteiger partial charge in [0.2, 0.25) is 5.78 Å². The molecule has 1 unspecified atom stereocenters. The Morgan fingerprint density at radius 3 is 2.40 bits per heavy atom. The number of aliphatic hydroxyl groups is 1. The number of unbranched alkanes of at least 4 members (excludes halogenated alkanes) is 1. The van der Waals surface area contributed by atoms with E-state index in [-0.39, 0.29) is 75.2 Å². The van der Waals surface area contributed by atoms with Crippen LogP contribution in [0.1, 0.15) is 89.1 Å². The smallest absolute Gasteiger partial charge is 0.388 e. The van der Waals surface area contributed by atoms with Gasteiger partial charge in [-0.1, -0.05) is 67.0 Å². The van der Waals surface area contributed by atoms with Gasteiger partial charge < -0.3 is 9.84 Å². The van der Waals surface area contributed by atoms with Crippen molar-refractivity contribution in [3.63, 3.8) is 0 Å². The number of aromatic amines is 1. The van der Waals surface area contributed by atoms with E-state index in [2.05, 4.69) is 27.1 Å². The number of rotatable bonds is 11. The first kappa shape index (κ1) is 35.6. The Labute approximate surface area is 316 Å². The largest absolute Gasteiger partial charge is 0.439 e. The summed E-state index contributed by atoms with van der Waals surface area (Å²) < 4.78 is 14.7. The van der Waals surface area contributed by atoms with Crippen LogP contribution in [0.25, 0.3) is 28.3 Å². The number of H-pyrrole nitrogens is 1. The van der Waals surface area contributed by atoms with Gasteiger partial charge in [-0.2, -0.15) is 10.1 Å². The van der Waals surface area contributed by atoms with Crippen molar-refractivity contribution in [3.8, 4) is 22.5 Å². The van der Waals surface area contributed by atoms with Gasteiger partial charge in [-0.05, 0) is 76.0 Å². The van der Waals surface area contributed by atoms with Crippen molar-refractivity contribution in [2.75, 3.05) is 0 Å². The quantitative estimate of drug-likeness (QED) is 0.186. The van der Waals surface area contributed by atoms with Crippen molar-refractivity contribution in [1.82, 2.24) is 29.3 Å². The molecule has 47 heavy (non-hydrogen) atoms. The zero-order valence-corrected chi connectivity index (χ0v) is 31.0. The van der Waals surface area contributed by atoms with E-state index in [9.17, 15) is 14.7 Å². The molecule has 3 aromatic heterocycles. The van der Waals surface area contributed by atoms with E-state index in [1.807, 2.05) is 64.5 Å². The molecule has 1 atom stereocenters. The molecular formula is C35H42KN6O5. The minimum absolute atomic E-state index is 0.